The maximum atomic E-state index is 12.2. The molecule has 0 unspecified atom stereocenters. The number of rotatable bonds is 7. The van der Waals surface area contributed by atoms with Crippen molar-refractivity contribution in [1.29, 1.82) is 0 Å². The molecule has 1 rings (SSSR count). The van der Waals surface area contributed by atoms with E-state index in [1.54, 1.807) is 30.3 Å². The normalized spacial score (nSPS) is 11.2. The number of unbranched alkanes of at least 4 members (excludes halogenated alkanes) is 1. The zero-order valence-corrected chi connectivity index (χ0v) is 11.9. The van der Waals surface area contributed by atoms with Crippen molar-refractivity contribution in [3.05, 3.63) is 42.3 Å². The fourth-order valence-corrected chi connectivity index (χ4v) is 1.72. The molecule has 0 aliphatic heterocycles. The third-order valence-corrected chi connectivity index (χ3v) is 2.79. The molecule has 0 spiro atoms. The minimum absolute atomic E-state index is 0.457. The average molecular weight is 279 g/mol. The topological polar surface area (TPSA) is 61.8 Å². The lowest BCUT2D eigenvalue weighted by Gasteiger charge is -2.28. The summed E-state index contributed by atoms with van der Waals surface area (Å²) >= 11 is 0. The van der Waals surface area contributed by atoms with Crippen LogP contribution in [0, 0.1) is 6.42 Å². The first-order valence-electron chi connectivity index (χ1n) is 6.36. The molecule has 0 aromatic heterocycles. The molecule has 1 radical (unpaired) electrons. The van der Waals surface area contributed by atoms with Gasteiger partial charge in [0.25, 0.3) is 5.79 Å². The van der Waals surface area contributed by atoms with Crippen LogP contribution in [0.2, 0.25) is 0 Å². The van der Waals surface area contributed by atoms with Crippen LogP contribution >= 0.6 is 0 Å². The fourth-order valence-electron chi connectivity index (χ4n) is 1.72. The average Bonchev–Trinajstić information content (AvgIpc) is 2.48. The first-order chi connectivity index (χ1) is 9.60. The molecule has 1 aromatic rings. The van der Waals surface area contributed by atoms with Crippen molar-refractivity contribution in [1.82, 2.24) is 0 Å². The van der Waals surface area contributed by atoms with Crippen LogP contribution in [0.15, 0.2) is 30.3 Å². The Morgan fingerprint density at radius 1 is 1.15 bits per heavy atom. The van der Waals surface area contributed by atoms with Crippen molar-refractivity contribution >= 4 is 11.9 Å². The molecule has 0 aliphatic carbocycles. The summed E-state index contributed by atoms with van der Waals surface area (Å²) in [5.41, 5.74) is 0.457. The lowest BCUT2D eigenvalue weighted by molar-refractivity contribution is -0.234. The van der Waals surface area contributed by atoms with Crippen molar-refractivity contribution in [2.24, 2.45) is 0 Å². The quantitative estimate of drug-likeness (QED) is 0.435. The lowest BCUT2D eigenvalue weighted by Crippen LogP contribution is -2.42. The molecule has 109 valence electrons. The summed E-state index contributed by atoms with van der Waals surface area (Å²) in [6.07, 6.45) is 2.66. The highest BCUT2D eigenvalue weighted by molar-refractivity contribution is 5.93. The minimum Gasteiger partial charge on any atom is -0.389 e. The van der Waals surface area contributed by atoms with Gasteiger partial charge in [-0.15, -0.1) is 0 Å². The Bertz CT molecular complexity index is 437. The van der Waals surface area contributed by atoms with E-state index in [-0.39, 0.29) is 0 Å². The van der Waals surface area contributed by atoms with Gasteiger partial charge in [0.1, 0.15) is 0 Å². The van der Waals surface area contributed by atoms with Gasteiger partial charge in [-0.1, -0.05) is 43.7 Å². The highest BCUT2D eigenvalue weighted by atomic mass is 16.7. The Hall–Kier alpha value is -1.72. The molecule has 0 saturated carbocycles. The van der Waals surface area contributed by atoms with Crippen LogP contribution in [0.4, 0.5) is 0 Å². The van der Waals surface area contributed by atoms with Gasteiger partial charge in [-0.2, -0.15) is 0 Å². The Labute approximate surface area is 118 Å². The third kappa shape index (κ3) is 3.65. The van der Waals surface area contributed by atoms with Crippen molar-refractivity contribution in [3.63, 3.8) is 0 Å². The molecular weight excluding hydrogens is 260 g/mol. The van der Waals surface area contributed by atoms with E-state index in [0.717, 1.165) is 6.42 Å². The van der Waals surface area contributed by atoms with E-state index < -0.39 is 17.7 Å². The maximum absolute atomic E-state index is 12.2. The molecule has 0 bridgehead atoms. The highest BCUT2D eigenvalue weighted by Crippen LogP contribution is 2.27. The summed E-state index contributed by atoms with van der Waals surface area (Å²) in [4.78, 5) is 23.7. The molecule has 0 saturated heterocycles. The number of esters is 2. The van der Waals surface area contributed by atoms with E-state index in [1.807, 2.05) is 6.92 Å². The molecular formula is C15H19O5. The molecule has 0 atom stereocenters. The van der Waals surface area contributed by atoms with Gasteiger partial charge in [0.15, 0.2) is 0 Å². The molecule has 1 aromatic carbocycles. The Morgan fingerprint density at radius 3 is 2.25 bits per heavy atom. The van der Waals surface area contributed by atoms with Gasteiger partial charge < -0.3 is 14.2 Å². The van der Waals surface area contributed by atoms with Gasteiger partial charge >= 0.3 is 11.9 Å². The summed E-state index contributed by atoms with van der Waals surface area (Å²) in [5.74, 6) is -3.34. The molecule has 5 heteroatoms. The molecule has 0 fully saturated rings. The summed E-state index contributed by atoms with van der Waals surface area (Å²) in [6, 6.07) is 8.59. The van der Waals surface area contributed by atoms with Crippen LogP contribution in [0.25, 0.3) is 0 Å². The van der Waals surface area contributed by atoms with Gasteiger partial charge in [0.05, 0.1) is 6.42 Å². The second-order valence-corrected chi connectivity index (χ2v) is 4.09. The second kappa shape index (κ2) is 7.77. The van der Waals surface area contributed by atoms with Crippen LogP contribution in [-0.4, -0.2) is 26.2 Å². The zero-order chi connectivity index (χ0) is 15.0. The molecule has 0 heterocycles. The fraction of sp³-hybridized carbons (Fsp3) is 0.400. The van der Waals surface area contributed by atoms with Gasteiger partial charge in [-0.3, -0.25) is 4.79 Å². The van der Waals surface area contributed by atoms with Crippen LogP contribution in [0.5, 0.6) is 0 Å². The standard InChI is InChI=1S/C15H19O5/c1-4-5-11-13(16)20-14(17)15(18-2,19-3)12-9-7-6-8-10-12/h6-11H,4-5H2,1-3H3. The Kier molecular flexibility index (Phi) is 6.35. The predicted octanol–water partition coefficient (Wildman–Crippen LogP) is 2.21. The van der Waals surface area contributed by atoms with E-state index in [1.165, 1.54) is 20.6 Å². The van der Waals surface area contributed by atoms with Crippen LogP contribution < -0.4 is 0 Å². The number of ether oxygens (including phenoxy) is 3. The number of carbonyl (C=O) groups is 2. The summed E-state index contributed by atoms with van der Waals surface area (Å²) in [7, 11) is 2.63. The lowest BCUT2D eigenvalue weighted by atomic mass is 10.1. The molecule has 0 N–H and O–H groups in total. The van der Waals surface area contributed by atoms with Crippen molar-refractivity contribution in [2.75, 3.05) is 14.2 Å². The predicted molar refractivity (Wildman–Crippen MR) is 72.4 cm³/mol. The van der Waals surface area contributed by atoms with Gasteiger partial charge in [0, 0.05) is 19.8 Å². The monoisotopic (exact) mass is 279 g/mol. The van der Waals surface area contributed by atoms with Gasteiger partial charge in [0.2, 0.25) is 0 Å². The first-order valence-corrected chi connectivity index (χ1v) is 6.36. The molecule has 0 aliphatic rings. The third-order valence-electron chi connectivity index (χ3n) is 2.79. The van der Waals surface area contributed by atoms with Crippen LogP contribution in [0.1, 0.15) is 25.3 Å². The zero-order valence-electron chi connectivity index (χ0n) is 11.9. The van der Waals surface area contributed by atoms with Crippen LogP contribution in [-0.2, 0) is 29.6 Å². The van der Waals surface area contributed by atoms with E-state index in [0.29, 0.717) is 12.0 Å². The van der Waals surface area contributed by atoms with Crippen molar-refractivity contribution in [3.8, 4) is 0 Å². The van der Waals surface area contributed by atoms with Crippen molar-refractivity contribution < 1.29 is 23.8 Å². The van der Waals surface area contributed by atoms with E-state index in [2.05, 4.69) is 0 Å². The number of hydrogen-bond donors (Lipinski definition) is 0. The first kappa shape index (κ1) is 16.3. The second-order valence-electron chi connectivity index (χ2n) is 4.09. The van der Waals surface area contributed by atoms with E-state index in [9.17, 15) is 9.59 Å². The number of methoxy groups -OCH3 is 2. The Morgan fingerprint density at radius 2 is 1.75 bits per heavy atom. The number of benzene rings is 1. The van der Waals surface area contributed by atoms with Gasteiger partial charge in [-0.25, -0.2) is 4.79 Å². The molecule has 0 amide bonds. The van der Waals surface area contributed by atoms with Gasteiger partial charge in [-0.05, 0) is 6.42 Å². The van der Waals surface area contributed by atoms with Crippen molar-refractivity contribution in [2.45, 2.75) is 25.6 Å². The summed E-state index contributed by atoms with van der Waals surface area (Å²) in [5, 5.41) is 0. The summed E-state index contributed by atoms with van der Waals surface area (Å²) < 4.78 is 15.1. The van der Waals surface area contributed by atoms with E-state index in [4.69, 9.17) is 14.2 Å². The number of carbonyl (C=O) groups excluding carboxylic acids is 2. The number of hydrogen-bond acceptors (Lipinski definition) is 5. The molecule has 20 heavy (non-hydrogen) atoms. The Balaban J connectivity index is 2.91. The smallest absolute Gasteiger partial charge is 0.379 e. The maximum Gasteiger partial charge on any atom is 0.379 e. The largest absolute Gasteiger partial charge is 0.389 e. The van der Waals surface area contributed by atoms with E-state index >= 15 is 0 Å². The van der Waals surface area contributed by atoms with Crippen LogP contribution in [0.3, 0.4) is 0 Å². The SMILES string of the molecule is CCC[CH]C(=O)OC(=O)C(OC)(OC)c1ccccc1. The minimum atomic E-state index is -1.74. The highest BCUT2D eigenvalue weighted by Gasteiger charge is 2.44. The molecule has 5 nitrogen and oxygen atoms in total. The summed E-state index contributed by atoms with van der Waals surface area (Å²) in [6.45, 7) is 1.92.